The lowest BCUT2D eigenvalue weighted by molar-refractivity contribution is -0.124. The van der Waals surface area contributed by atoms with Crippen molar-refractivity contribution in [3.63, 3.8) is 0 Å². The first-order valence-electron chi connectivity index (χ1n) is 5.98. The summed E-state index contributed by atoms with van der Waals surface area (Å²) in [4.78, 5) is 11.4. The summed E-state index contributed by atoms with van der Waals surface area (Å²) in [6, 6.07) is 0. The Hall–Kier alpha value is -0.610. The van der Waals surface area contributed by atoms with E-state index in [1.807, 2.05) is 20.8 Å². The molecule has 1 saturated carbocycles. The first-order chi connectivity index (χ1) is 7.26. The largest absolute Gasteiger partial charge is 0.376 e. The second-order valence-electron chi connectivity index (χ2n) is 5.74. The Labute approximate surface area is 97.7 Å². The SMILES string of the molecule is CC(C)(C)OCCC1CCCC1(N)C(N)=O. The number of primary amides is 1. The van der Waals surface area contributed by atoms with Gasteiger partial charge in [0.15, 0.2) is 0 Å². The minimum atomic E-state index is -0.804. The Morgan fingerprint density at radius 2 is 2.12 bits per heavy atom. The van der Waals surface area contributed by atoms with E-state index in [4.69, 9.17) is 16.2 Å². The predicted octanol–water partition coefficient (Wildman–Crippen LogP) is 1.17. The molecule has 16 heavy (non-hydrogen) atoms. The first kappa shape index (κ1) is 13.5. The van der Waals surface area contributed by atoms with Gasteiger partial charge < -0.3 is 16.2 Å². The Morgan fingerprint density at radius 3 is 2.62 bits per heavy atom. The van der Waals surface area contributed by atoms with Gasteiger partial charge in [-0.2, -0.15) is 0 Å². The van der Waals surface area contributed by atoms with Crippen LogP contribution < -0.4 is 11.5 Å². The predicted molar refractivity (Wildman–Crippen MR) is 63.8 cm³/mol. The fraction of sp³-hybridized carbons (Fsp3) is 0.917. The number of nitrogens with two attached hydrogens (primary N) is 2. The number of carbonyl (C=O) groups excluding carboxylic acids is 1. The zero-order valence-electron chi connectivity index (χ0n) is 10.6. The van der Waals surface area contributed by atoms with Crippen molar-refractivity contribution in [2.75, 3.05) is 6.61 Å². The van der Waals surface area contributed by atoms with Crippen LogP contribution in [0.3, 0.4) is 0 Å². The highest BCUT2D eigenvalue weighted by Gasteiger charge is 2.43. The molecule has 2 atom stereocenters. The number of hydrogen-bond acceptors (Lipinski definition) is 3. The van der Waals surface area contributed by atoms with E-state index in [1.54, 1.807) is 0 Å². The molecule has 0 aromatic heterocycles. The zero-order valence-corrected chi connectivity index (χ0v) is 10.6. The van der Waals surface area contributed by atoms with Crippen LogP contribution in [0, 0.1) is 5.92 Å². The minimum Gasteiger partial charge on any atom is -0.376 e. The van der Waals surface area contributed by atoms with Gasteiger partial charge in [-0.05, 0) is 46.0 Å². The van der Waals surface area contributed by atoms with Crippen LogP contribution in [0.5, 0.6) is 0 Å². The lowest BCUT2D eigenvalue weighted by Crippen LogP contribution is -2.54. The second-order valence-corrected chi connectivity index (χ2v) is 5.74. The van der Waals surface area contributed by atoms with E-state index in [0.29, 0.717) is 13.0 Å². The van der Waals surface area contributed by atoms with Crippen molar-refractivity contribution in [1.29, 1.82) is 0 Å². The molecular weight excluding hydrogens is 204 g/mol. The van der Waals surface area contributed by atoms with E-state index in [-0.39, 0.29) is 17.4 Å². The lowest BCUT2D eigenvalue weighted by Gasteiger charge is -2.29. The summed E-state index contributed by atoms with van der Waals surface area (Å²) in [7, 11) is 0. The molecule has 4 heteroatoms. The van der Waals surface area contributed by atoms with Gasteiger partial charge in [0, 0.05) is 6.61 Å². The van der Waals surface area contributed by atoms with Crippen LogP contribution in [-0.2, 0) is 9.53 Å². The average molecular weight is 228 g/mol. The van der Waals surface area contributed by atoms with Gasteiger partial charge in [-0.1, -0.05) is 6.42 Å². The summed E-state index contributed by atoms with van der Waals surface area (Å²) >= 11 is 0. The van der Waals surface area contributed by atoms with E-state index in [0.717, 1.165) is 19.3 Å². The maximum atomic E-state index is 11.4. The van der Waals surface area contributed by atoms with Crippen molar-refractivity contribution in [2.24, 2.45) is 17.4 Å². The smallest absolute Gasteiger partial charge is 0.237 e. The molecule has 0 aliphatic heterocycles. The number of amides is 1. The average Bonchev–Trinajstić information content (AvgIpc) is 2.47. The summed E-state index contributed by atoms with van der Waals surface area (Å²) in [6.45, 7) is 6.70. The summed E-state index contributed by atoms with van der Waals surface area (Å²) in [6.07, 6.45) is 3.49. The van der Waals surface area contributed by atoms with Gasteiger partial charge in [-0.25, -0.2) is 0 Å². The number of hydrogen-bond donors (Lipinski definition) is 2. The van der Waals surface area contributed by atoms with Crippen molar-refractivity contribution in [3.8, 4) is 0 Å². The van der Waals surface area contributed by atoms with E-state index < -0.39 is 5.54 Å². The molecule has 0 spiro atoms. The molecule has 2 unspecified atom stereocenters. The van der Waals surface area contributed by atoms with Crippen LogP contribution in [-0.4, -0.2) is 23.7 Å². The first-order valence-corrected chi connectivity index (χ1v) is 5.98. The van der Waals surface area contributed by atoms with Gasteiger partial charge in [-0.15, -0.1) is 0 Å². The van der Waals surface area contributed by atoms with Crippen molar-refractivity contribution >= 4 is 5.91 Å². The van der Waals surface area contributed by atoms with Crippen molar-refractivity contribution in [3.05, 3.63) is 0 Å². The van der Waals surface area contributed by atoms with Gasteiger partial charge in [0.05, 0.1) is 11.1 Å². The Balaban J connectivity index is 2.45. The third-order valence-electron chi connectivity index (χ3n) is 3.33. The molecule has 0 heterocycles. The highest BCUT2D eigenvalue weighted by Crippen LogP contribution is 2.36. The highest BCUT2D eigenvalue weighted by molar-refractivity contribution is 5.85. The van der Waals surface area contributed by atoms with Crippen LogP contribution in [0.15, 0.2) is 0 Å². The monoisotopic (exact) mass is 228 g/mol. The maximum Gasteiger partial charge on any atom is 0.237 e. The number of ether oxygens (including phenoxy) is 1. The molecule has 1 aliphatic rings. The Morgan fingerprint density at radius 1 is 1.50 bits per heavy atom. The van der Waals surface area contributed by atoms with Gasteiger partial charge in [0.1, 0.15) is 0 Å². The lowest BCUT2D eigenvalue weighted by atomic mass is 9.85. The van der Waals surface area contributed by atoms with Gasteiger partial charge in [0.25, 0.3) is 0 Å². The van der Waals surface area contributed by atoms with E-state index in [9.17, 15) is 4.79 Å². The van der Waals surface area contributed by atoms with Crippen LogP contribution in [0.4, 0.5) is 0 Å². The van der Waals surface area contributed by atoms with Crippen molar-refractivity contribution < 1.29 is 9.53 Å². The molecule has 0 radical (unpaired) electrons. The molecule has 1 fully saturated rings. The fourth-order valence-corrected chi connectivity index (χ4v) is 2.34. The third-order valence-corrected chi connectivity index (χ3v) is 3.33. The molecule has 4 nitrogen and oxygen atoms in total. The molecule has 0 aromatic carbocycles. The Bertz CT molecular complexity index is 260. The molecule has 1 rings (SSSR count). The summed E-state index contributed by atoms with van der Waals surface area (Å²) in [5, 5.41) is 0. The van der Waals surface area contributed by atoms with Crippen LogP contribution >= 0.6 is 0 Å². The molecule has 1 aliphatic carbocycles. The Kier molecular flexibility index (Phi) is 3.97. The van der Waals surface area contributed by atoms with Crippen LogP contribution in [0.1, 0.15) is 46.5 Å². The fourth-order valence-electron chi connectivity index (χ4n) is 2.34. The topological polar surface area (TPSA) is 78.3 Å². The zero-order chi connectivity index (χ0) is 12.4. The molecule has 4 N–H and O–H groups in total. The molecule has 0 aromatic rings. The number of rotatable bonds is 4. The second kappa shape index (κ2) is 4.72. The van der Waals surface area contributed by atoms with E-state index in [1.165, 1.54) is 0 Å². The summed E-state index contributed by atoms with van der Waals surface area (Å²) in [5.41, 5.74) is 10.5. The van der Waals surface area contributed by atoms with Crippen molar-refractivity contribution in [2.45, 2.75) is 57.6 Å². The molecular formula is C12H24N2O2. The van der Waals surface area contributed by atoms with Gasteiger partial charge in [-0.3, -0.25) is 4.79 Å². The standard InChI is InChI=1S/C12H24N2O2/c1-11(2,3)16-8-6-9-5-4-7-12(9,14)10(13)15/h9H,4-8,14H2,1-3H3,(H2,13,15). The van der Waals surface area contributed by atoms with Crippen LogP contribution in [0.25, 0.3) is 0 Å². The minimum absolute atomic E-state index is 0.136. The van der Waals surface area contributed by atoms with Crippen molar-refractivity contribution in [1.82, 2.24) is 0 Å². The van der Waals surface area contributed by atoms with E-state index in [2.05, 4.69) is 0 Å². The number of carbonyl (C=O) groups is 1. The quantitative estimate of drug-likeness (QED) is 0.758. The van der Waals surface area contributed by atoms with Crippen LogP contribution in [0.2, 0.25) is 0 Å². The maximum absolute atomic E-state index is 11.4. The van der Waals surface area contributed by atoms with E-state index >= 15 is 0 Å². The molecule has 0 saturated heterocycles. The highest BCUT2D eigenvalue weighted by atomic mass is 16.5. The summed E-state index contributed by atoms with van der Waals surface area (Å²) < 4.78 is 5.66. The summed E-state index contributed by atoms with van der Waals surface area (Å²) in [5.74, 6) is -0.196. The normalized spacial score (nSPS) is 30.6. The third kappa shape index (κ3) is 3.19. The van der Waals surface area contributed by atoms with Gasteiger partial charge >= 0.3 is 0 Å². The molecule has 94 valence electrons. The van der Waals surface area contributed by atoms with Gasteiger partial charge in [0.2, 0.25) is 5.91 Å². The molecule has 1 amide bonds. The molecule has 0 bridgehead atoms.